The third-order valence-corrected chi connectivity index (χ3v) is 5.44. The van der Waals surface area contributed by atoms with Crippen LogP contribution in [0.25, 0.3) is 10.9 Å². The molecule has 9 N–H and O–H groups in total. The van der Waals surface area contributed by atoms with Gasteiger partial charge in [-0.3, -0.25) is 24.0 Å². The molecule has 0 aliphatic rings. The lowest BCUT2D eigenvalue weighted by molar-refractivity contribution is -0.141. The Kier molecular flexibility index (Phi) is 10.6. The number of benzene rings is 1. The number of para-hydroxylation sites is 1. The average molecular weight is 520 g/mol. The third-order valence-electron chi connectivity index (χ3n) is 5.44. The number of carboxylic acids is 3. The Bertz CT molecular complexity index is 1160. The summed E-state index contributed by atoms with van der Waals surface area (Å²) < 4.78 is 0. The highest BCUT2D eigenvalue weighted by atomic mass is 16.4. The van der Waals surface area contributed by atoms with Crippen molar-refractivity contribution in [1.82, 2.24) is 20.9 Å². The van der Waals surface area contributed by atoms with Gasteiger partial charge in [-0.25, -0.2) is 4.79 Å². The fourth-order valence-corrected chi connectivity index (χ4v) is 3.48. The number of aromatic nitrogens is 1. The second-order valence-corrected chi connectivity index (χ2v) is 8.27. The van der Waals surface area contributed by atoms with E-state index in [1.54, 1.807) is 18.3 Å². The highest BCUT2D eigenvalue weighted by Gasteiger charge is 2.26. The summed E-state index contributed by atoms with van der Waals surface area (Å²) >= 11 is 0. The Morgan fingerprint density at radius 3 is 2.16 bits per heavy atom. The lowest BCUT2D eigenvalue weighted by Gasteiger charge is -2.20. The first-order valence-corrected chi connectivity index (χ1v) is 11.3. The van der Waals surface area contributed by atoms with E-state index in [0.717, 1.165) is 10.9 Å². The van der Waals surface area contributed by atoms with E-state index in [4.69, 9.17) is 15.9 Å². The van der Waals surface area contributed by atoms with Crippen molar-refractivity contribution in [2.75, 3.05) is 6.54 Å². The molecule has 0 radical (unpaired) electrons. The smallest absolute Gasteiger partial charge is 0.326 e. The molecule has 3 unspecified atom stereocenters. The van der Waals surface area contributed by atoms with Crippen LogP contribution in [0.3, 0.4) is 0 Å². The zero-order valence-electron chi connectivity index (χ0n) is 19.7. The average Bonchev–Trinajstić information content (AvgIpc) is 3.25. The Balaban J connectivity index is 1.96. The minimum absolute atomic E-state index is 0.0233. The molecule has 0 aliphatic heterocycles. The van der Waals surface area contributed by atoms with Crippen LogP contribution in [0.5, 0.6) is 0 Å². The Labute approximate surface area is 210 Å². The predicted molar refractivity (Wildman–Crippen MR) is 128 cm³/mol. The third kappa shape index (κ3) is 9.25. The monoisotopic (exact) mass is 519 g/mol. The zero-order valence-corrected chi connectivity index (χ0v) is 19.7. The molecule has 0 aliphatic carbocycles. The van der Waals surface area contributed by atoms with Gasteiger partial charge in [0, 0.05) is 36.4 Å². The fourth-order valence-electron chi connectivity index (χ4n) is 3.48. The van der Waals surface area contributed by atoms with E-state index >= 15 is 0 Å². The van der Waals surface area contributed by atoms with Crippen molar-refractivity contribution < 1.29 is 44.1 Å². The Morgan fingerprint density at radius 2 is 1.51 bits per heavy atom. The maximum atomic E-state index is 12.6. The number of aromatic amines is 1. The SMILES string of the molecule is NC(CCC(=O)O)C(=O)NC(CCC(=O)O)C(=O)NCC(=O)NC(Cc1c[nH]c2ccccc12)C(=O)O. The quantitative estimate of drug-likeness (QED) is 0.142. The van der Waals surface area contributed by atoms with Crippen molar-refractivity contribution in [2.45, 2.75) is 50.2 Å². The Morgan fingerprint density at radius 1 is 0.865 bits per heavy atom. The van der Waals surface area contributed by atoms with Gasteiger partial charge in [-0.05, 0) is 24.5 Å². The number of carbonyl (C=O) groups is 6. The molecule has 3 atom stereocenters. The molecule has 2 rings (SSSR count). The maximum absolute atomic E-state index is 12.6. The summed E-state index contributed by atoms with van der Waals surface area (Å²) in [6.07, 6.45) is 0.225. The van der Waals surface area contributed by atoms with Gasteiger partial charge in [-0.15, -0.1) is 0 Å². The number of nitrogens with two attached hydrogens (primary N) is 1. The minimum atomic E-state index is -1.37. The molecule has 1 heterocycles. The number of fused-ring (bicyclic) bond motifs is 1. The van der Waals surface area contributed by atoms with E-state index in [9.17, 15) is 33.9 Å². The molecule has 1 aromatic heterocycles. The topological polar surface area (TPSA) is 241 Å². The highest BCUT2D eigenvalue weighted by molar-refractivity contribution is 5.93. The maximum Gasteiger partial charge on any atom is 0.326 e. The lowest BCUT2D eigenvalue weighted by atomic mass is 10.0. The van der Waals surface area contributed by atoms with Crippen LogP contribution >= 0.6 is 0 Å². The number of H-pyrrole nitrogens is 1. The van der Waals surface area contributed by atoms with Crippen molar-refractivity contribution in [3.63, 3.8) is 0 Å². The first-order valence-electron chi connectivity index (χ1n) is 11.3. The molecule has 3 amide bonds. The van der Waals surface area contributed by atoms with E-state index in [-0.39, 0.29) is 25.7 Å². The van der Waals surface area contributed by atoms with Gasteiger partial charge >= 0.3 is 17.9 Å². The lowest BCUT2D eigenvalue weighted by Crippen LogP contribution is -2.53. The van der Waals surface area contributed by atoms with E-state index < -0.39 is 66.7 Å². The number of amides is 3. The molecule has 0 saturated heterocycles. The van der Waals surface area contributed by atoms with Gasteiger partial charge in [0.05, 0.1) is 12.6 Å². The normalized spacial score (nSPS) is 13.2. The van der Waals surface area contributed by atoms with Crippen LogP contribution < -0.4 is 21.7 Å². The van der Waals surface area contributed by atoms with E-state index in [1.165, 1.54) is 0 Å². The van der Waals surface area contributed by atoms with Gasteiger partial charge in [0.1, 0.15) is 12.1 Å². The molecule has 200 valence electrons. The van der Waals surface area contributed by atoms with Crippen LogP contribution in [0.4, 0.5) is 0 Å². The van der Waals surface area contributed by atoms with Crippen molar-refractivity contribution in [2.24, 2.45) is 5.73 Å². The molecule has 14 heteroatoms. The first-order chi connectivity index (χ1) is 17.5. The number of rotatable bonds is 15. The largest absolute Gasteiger partial charge is 0.481 e. The molecule has 1 aromatic carbocycles. The summed E-state index contributed by atoms with van der Waals surface area (Å²) in [5.41, 5.74) is 7.09. The standard InChI is InChI=1S/C23H29N5O9/c24-14(5-7-19(30)31)21(34)28-16(6-8-20(32)33)22(35)26-11-18(29)27-17(23(36)37)9-12-10-25-15-4-2-1-3-13(12)15/h1-4,10,14,16-17,25H,5-9,11,24H2,(H,26,35)(H,27,29)(H,28,34)(H,30,31)(H,32,33)(H,36,37). The number of hydrogen-bond acceptors (Lipinski definition) is 7. The molecule has 37 heavy (non-hydrogen) atoms. The molecule has 2 aromatic rings. The molecule has 14 nitrogen and oxygen atoms in total. The summed E-state index contributed by atoms with van der Waals surface area (Å²) in [7, 11) is 0. The summed E-state index contributed by atoms with van der Waals surface area (Å²) in [4.78, 5) is 73.4. The minimum Gasteiger partial charge on any atom is -0.481 e. The van der Waals surface area contributed by atoms with Gasteiger partial charge in [-0.2, -0.15) is 0 Å². The first kappa shape index (κ1) is 28.8. The van der Waals surface area contributed by atoms with Crippen molar-refractivity contribution in [1.29, 1.82) is 0 Å². The zero-order chi connectivity index (χ0) is 27.5. The molecule has 0 saturated carbocycles. The van der Waals surface area contributed by atoms with E-state index in [1.807, 2.05) is 12.1 Å². The van der Waals surface area contributed by atoms with Gasteiger partial charge in [0.15, 0.2) is 0 Å². The number of nitrogens with one attached hydrogen (secondary N) is 4. The van der Waals surface area contributed by atoms with Gasteiger partial charge in [-0.1, -0.05) is 18.2 Å². The van der Waals surface area contributed by atoms with Gasteiger partial charge in [0.25, 0.3) is 0 Å². The summed E-state index contributed by atoms with van der Waals surface area (Å²) in [5, 5.41) is 34.8. The predicted octanol–water partition coefficient (Wildman–Crippen LogP) is -1.06. The molecule has 0 fully saturated rings. The summed E-state index contributed by atoms with van der Waals surface area (Å²) in [5.74, 6) is -6.26. The van der Waals surface area contributed by atoms with E-state index in [2.05, 4.69) is 20.9 Å². The van der Waals surface area contributed by atoms with Gasteiger partial charge in [0.2, 0.25) is 17.7 Å². The fraction of sp³-hybridized carbons (Fsp3) is 0.391. The molecule has 0 bridgehead atoms. The van der Waals surface area contributed by atoms with Crippen LogP contribution in [-0.2, 0) is 35.2 Å². The van der Waals surface area contributed by atoms with E-state index in [0.29, 0.717) is 5.56 Å². The number of aliphatic carboxylic acids is 3. The van der Waals surface area contributed by atoms with Crippen LogP contribution in [-0.4, -0.2) is 80.6 Å². The second kappa shape index (κ2) is 13.6. The van der Waals surface area contributed by atoms with Crippen molar-refractivity contribution >= 4 is 46.5 Å². The van der Waals surface area contributed by atoms with Crippen LogP contribution in [0.1, 0.15) is 31.2 Å². The molecular weight excluding hydrogens is 490 g/mol. The second-order valence-electron chi connectivity index (χ2n) is 8.27. The summed E-state index contributed by atoms with van der Waals surface area (Å²) in [6.45, 7) is -0.638. The van der Waals surface area contributed by atoms with Crippen molar-refractivity contribution in [3.05, 3.63) is 36.0 Å². The summed E-state index contributed by atoms with van der Waals surface area (Å²) in [6, 6.07) is 3.33. The Hall–Kier alpha value is -4.46. The van der Waals surface area contributed by atoms with Crippen LogP contribution in [0.15, 0.2) is 30.5 Å². The van der Waals surface area contributed by atoms with Crippen molar-refractivity contribution in [3.8, 4) is 0 Å². The number of hydrogen-bond donors (Lipinski definition) is 8. The molecule has 0 spiro atoms. The molecular formula is C23H29N5O9. The van der Waals surface area contributed by atoms with Gasteiger partial charge < -0.3 is 42.0 Å². The number of carboxylic acid groups (broad SMARTS) is 3. The van der Waals surface area contributed by atoms with Crippen LogP contribution in [0.2, 0.25) is 0 Å². The van der Waals surface area contributed by atoms with Crippen LogP contribution in [0, 0.1) is 0 Å². The highest BCUT2D eigenvalue weighted by Crippen LogP contribution is 2.19. The number of carbonyl (C=O) groups excluding carboxylic acids is 3.